The molecular formula is C22H20ClF2N3O4S. The summed E-state index contributed by atoms with van der Waals surface area (Å²) in [6.45, 7) is 1.39. The average Bonchev–Trinajstić information content (AvgIpc) is 3.16. The summed E-state index contributed by atoms with van der Waals surface area (Å²) in [6.07, 6.45) is -0.181. The Morgan fingerprint density at radius 2 is 2.00 bits per heavy atom. The summed E-state index contributed by atoms with van der Waals surface area (Å²) >= 11 is 7.29. The molecule has 1 fully saturated rings. The van der Waals surface area contributed by atoms with Gasteiger partial charge in [0, 0.05) is 18.1 Å². The molecule has 3 aromatic rings. The van der Waals surface area contributed by atoms with Crippen LogP contribution in [0, 0.1) is 11.6 Å². The number of amides is 2. The van der Waals surface area contributed by atoms with E-state index in [1.807, 2.05) is 18.4 Å². The molecule has 174 valence electrons. The van der Waals surface area contributed by atoms with Crippen LogP contribution in [0.25, 0.3) is 10.2 Å². The number of carbonyl (C=O) groups is 2. The van der Waals surface area contributed by atoms with E-state index in [1.54, 1.807) is 12.1 Å². The summed E-state index contributed by atoms with van der Waals surface area (Å²) in [5, 5.41) is 2.97. The second-order valence-corrected chi connectivity index (χ2v) is 9.16. The van der Waals surface area contributed by atoms with Crippen LogP contribution in [-0.4, -0.2) is 48.1 Å². The topological polar surface area (TPSA) is 80.8 Å². The monoisotopic (exact) mass is 495 g/mol. The molecule has 4 rings (SSSR count). The first-order valence-electron chi connectivity index (χ1n) is 10.2. The number of piperidine rings is 1. The third-order valence-corrected chi connectivity index (χ3v) is 6.43. The summed E-state index contributed by atoms with van der Waals surface area (Å²) in [6, 6.07) is 7.21. The molecule has 2 heterocycles. The minimum Gasteiger partial charge on any atom is -0.483 e. The maximum Gasteiger partial charge on any atom is 0.414 e. The van der Waals surface area contributed by atoms with Crippen LogP contribution >= 0.6 is 22.9 Å². The molecule has 1 aromatic heterocycles. The number of halogens is 3. The molecule has 0 aliphatic carbocycles. The fraction of sp³-hybridized carbons (Fsp3) is 0.318. The molecule has 11 heteroatoms. The highest BCUT2D eigenvalue weighted by molar-refractivity contribution is 7.18. The lowest BCUT2D eigenvalue weighted by atomic mass is 10.1. The van der Waals surface area contributed by atoms with Crippen LogP contribution in [0.1, 0.15) is 28.2 Å². The zero-order chi connectivity index (χ0) is 23.5. The maximum atomic E-state index is 14.9. The molecule has 0 atom stereocenters. The van der Waals surface area contributed by atoms with Gasteiger partial charge >= 0.3 is 6.09 Å². The highest BCUT2D eigenvalue weighted by Crippen LogP contribution is 2.28. The summed E-state index contributed by atoms with van der Waals surface area (Å²) in [7, 11) is 1.95. The summed E-state index contributed by atoms with van der Waals surface area (Å²) in [4.78, 5) is 30.9. The molecule has 7 nitrogen and oxygen atoms in total. The van der Waals surface area contributed by atoms with Crippen LogP contribution in [0.2, 0.25) is 5.02 Å². The molecule has 1 aliphatic heterocycles. The summed E-state index contributed by atoms with van der Waals surface area (Å²) in [5.41, 5.74) is -0.252. The first-order chi connectivity index (χ1) is 15.8. The lowest BCUT2D eigenvalue weighted by Crippen LogP contribution is -2.39. The number of aromatic nitrogens is 1. The number of thiazole rings is 1. The minimum atomic E-state index is -1.25. The van der Waals surface area contributed by atoms with E-state index >= 15 is 0 Å². The van der Waals surface area contributed by atoms with Crippen molar-refractivity contribution in [2.24, 2.45) is 0 Å². The van der Waals surface area contributed by atoms with E-state index < -0.39 is 29.2 Å². The average molecular weight is 496 g/mol. The standard InChI is InChI=1S/C22H20ClF2N3O4S/c1-28-8-6-13(7-9-28)32-22(30)27-21(29)19-14(24)3-4-16(20(19)25)31-11-18-26-15-10-12(23)2-5-17(15)33-18/h2-5,10,13H,6-9,11H2,1H3,(H,27,29,30). The first kappa shape index (κ1) is 23.3. The predicted molar refractivity (Wildman–Crippen MR) is 120 cm³/mol. The van der Waals surface area contributed by atoms with Gasteiger partial charge in [-0.05, 0) is 50.2 Å². The number of nitrogens with one attached hydrogen (secondary N) is 1. The fourth-order valence-corrected chi connectivity index (χ4v) is 4.47. The number of alkyl carbamates (subject to hydrolysis) is 1. The Kier molecular flexibility index (Phi) is 7.06. The molecule has 0 saturated carbocycles. The number of rotatable bonds is 5. The van der Waals surface area contributed by atoms with Gasteiger partial charge < -0.3 is 14.4 Å². The fourth-order valence-electron chi connectivity index (χ4n) is 3.44. The third kappa shape index (κ3) is 5.58. The Hall–Kier alpha value is -2.82. The van der Waals surface area contributed by atoms with E-state index in [2.05, 4.69) is 9.88 Å². The largest absolute Gasteiger partial charge is 0.483 e. The molecule has 2 aromatic carbocycles. The van der Waals surface area contributed by atoms with E-state index in [0.717, 1.165) is 29.9 Å². The van der Waals surface area contributed by atoms with Crippen LogP contribution in [0.3, 0.4) is 0 Å². The van der Waals surface area contributed by atoms with E-state index in [-0.39, 0.29) is 18.5 Å². The number of likely N-dealkylation sites (tertiary alicyclic amines) is 1. The maximum absolute atomic E-state index is 14.9. The Morgan fingerprint density at radius 1 is 1.24 bits per heavy atom. The minimum absolute atomic E-state index is 0.0985. The van der Waals surface area contributed by atoms with Crippen molar-refractivity contribution in [3.63, 3.8) is 0 Å². The van der Waals surface area contributed by atoms with E-state index in [9.17, 15) is 18.4 Å². The van der Waals surface area contributed by atoms with Gasteiger partial charge in [-0.1, -0.05) is 11.6 Å². The van der Waals surface area contributed by atoms with Gasteiger partial charge in [0.1, 0.15) is 29.1 Å². The van der Waals surface area contributed by atoms with Gasteiger partial charge in [0.2, 0.25) is 0 Å². The van der Waals surface area contributed by atoms with Gasteiger partial charge in [-0.15, -0.1) is 11.3 Å². The van der Waals surface area contributed by atoms with Gasteiger partial charge in [0.25, 0.3) is 5.91 Å². The number of nitrogens with zero attached hydrogens (tertiary/aromatic N) is 2. The summed E-state index contributed by atoms with van der Waals surface area (Å²) in [5.74, 6) is -3.94. The van der Waals surface area contributed by atoms with Crippen LogP contribution in [0.15, 0.2) is 30.3 Å². The summed E-state index contributed by atoms with van der Waals surface area (Å²) < 4.78 is 40.6. The molecule has 1 N–H and O–H groups in total. The van der Waals surface area contributed by atoms with Crippen LogP contribution < -0.4 is 10.1 Å². The van der Waals surface area contributed by atoms with Crippen molar-refractivity contribution in [1.29, 1.82) is 0 Å². The van der Waals surface area contributed by atoms with Gasteiger partial charge in [-0.3, -0.25) is 10.1 Å². The molecule has 0 unspecified atom stereocenters. The Bertz CT molecular complexity index is 1200. The van der Waals surface area contributed by atoms with Crippen LogP contribution in [-0.2, 0) is 11.3 Å². The molecule has 1 aliphatic rings. The predicted octanol–water partition coefficient (Wildman–Crippen LogP) is 4.77. The molecule has 0 radical (unpaired) electrons. The lowest BCUT2D eigenvalue weighted by Gasteiger charge is -2.28. The van der Waals surface area contributed by atoms with Crippen molar-refractivity contribution in [2.45, 2.75) is 25.6 Å². The Morgan fingerprint density at radius 3 is 2.76 bits per heavy atom. The highest BCUT2D eigenvalue weighted by atomic mass is 35.5. The Balaban J connectivity index is 1.42. The number of hydrogen-bond donors (Lipinski definition) is 1. The lowest BCUT2D eigenvalue weighted by molar-refractivity contribution is 0.0549. The number of benzene rings is 2. The molecule has 0 bridgehead atoms. The van der Waals surface area contributed by atoms with E-state index in [4.69, 9.17) is 21.1 Å². The van der Waals surface area contributed by atoms with Crippen molar-refractivity contribution in [3.8, 4) is 5.75 Å². The second kappa shape index (κ2) is 9.98. The number of ether oxygens (including phenoxy) is 2. The number of imide groups is 1. The molecule has 1 saturated heterocycles. The van der Waals surface area contributed by atoms with E-state index in [0.29, 0.717) is 28.4 Å². The number of fused-ring (bicyclic) bond motifs is 1. The normalized spacial score (nSPS) is 14.9. The van der Waals surface area contributed by atoms with Crippen molar-refractivity contribution >= 4 is 45.2 Å². The molecule has 0 spiro atoms. The molecular weight excluding hydrogens is 476 g/mol. The molecule has 2 amide bonds. The highest BCUT2D eigenvalue weighted by Gasteiger charge is 2.26. The zero-order valence-corrected chi connectivity index (χ0v) is 19.1. The van der Waals surface area contributed by atoms with Crippen LogP contribution in [0.4, 0.5) is 13.6 Å². The number of carbonyl (C=O) groups excluding carboxylic acids is 2. The van der Waals surface area contributed by atoms with Crippen molar-refractivity contribution < 1.29 is 27.8 Å². The van der Waals surface area contributed by atoms with Crippen molar-refractivity contribution in [1.82, 2.24) is 15.2 Å². The van der Waals surface area contributed by atoms with Gasteiger partial charge in [0.05, 0.1) is 10.2 Å². The quantitative estimate of drug-likeness (QED) is 0.549. The van der Waals surface area contributed by atoms with E-state index in [1.165, 1.54) is 11.3 Å². The second-order valence-electron chi connectivity index (χ2n) is 7.60. The third-order valence-electron chi connectivity index (χ3n) is 5.18. The number of hydrogen-bond acceptors (Lipinski definition) is 7. The zero-order valence-electron chi connectivity index (χ0n) is 17.6. The molecule has 33 heavy (non-hydrogen) atoms. The van der Waals surface area contributed by atoms with Gasteiger partial charge in [-0.25, -0.2) is 18.6 Å². The van der Waals surface area contributed by atoms with Gasteiger partial charge in [-0.2, -0.15) is 0 Å². The van der Waals surface area contributed by atoms with Crippen molar-refractivity contribution in [3.05, 3.63) is 57.6 Å². The first-order valence-corrected chi connectivity index (χ1v) is 11.4. The Labute approximate surface area is 197 Å². The smallest absolute Gasteiger partial charge is 0.414 e. The van der Waals surface area contributed by atoms with Gasteiger partial charge in [0.15, 0.2) is 11.6 Å². The van der Waals surface area contributed by atoms with Crippen LogP contribution in [0.5, 0.6) is 5.75 Å². The van der Waals surface area contributed by atoms with Crippen molar-refractivity contribution in [2.75, 3.05) is 20.1 Å². The SMILES string of the molecule is CN1CCC(OC(=O)NC(=O)c2c(F)ccc(OCc3nc4cc(Cl)ccc4s3)c2F)CC1.